The van der Waals surface area contributed by atoms with Crippen molar-refractivity contribution >= 4 is 17.5 Å². The number of allylic oxidation sites excluding steroid dienone is 2. The van der Waals surface area contributed by atoms with Gasteiger partial charge in [0.1, 0.15) is 36.4 Å². The van der Waals surface area contributed by atoms with E-state index in [1.807, 2.05) is 43.3 Å². The topological polar surface area (TPSA) is 83.4 Å². The zero-order chi connectivity index (χ0) is 24.1. The molecule has 0 spiro atoms. The van der Waals surface area contributed by atoms with Crippen molar-refractivity contribution in [2.24, 2.45) is 10.9 Å². The van der Waals surface area contributed by atoms with Crippen LogP contribution in [0.15, 0.2) is 64.8 Å². The number of carbonyl (C=O) groups excluding carboxylic acids is 2. The van der Waals surface area contributed by atoms with E-state index < -0.39 is 17.8 Å². The molecule has 4 rings (SSSR count). The first-order chi connectivity index (χ1) is 16.5. The van der Waals surface area contributed by atoms with Crippen LogP contribution in [0, 0.1) is 5.92 Å². The molecule has 0 N–H and O–H groups in total. The molecule has 178 valence electrons. The van der Waals surface area contributed by atoms with Crippen LogP contribution >= 0.6 is 0 Å². The van der Waals surface area contributed by atoms with Crippen LogP contribution in [-0.2, 0) is 14.3 Å². The summed E-state index contributed by atoms with van der Waals surface area (Å²) in [5, 5.41) is 0. The van der Waals surface area contributed by atoms with E-state index in [0.29, 0.717) is 46.9 Å². The third-order valence-corrected chi connectivity index (χ3v) is 6.20. The Labute approximate surface area is 199 Å². The Morgan fingerprint density at radius 2 is 1.79 bits per heavy atom. The summed E-state index contributed by atoms with van der Waals surface area (Å²) in [6, 6.07) is 14.7. The van der Waals surface area contributed by atoms with Gasteiger partial charge in [0.25, 0.3) is 0 Å². The Morgan fingerprint density at radius 3 is 2.53 bits per heavy atom. The second kappa shape index (κ2) is 10.5. The summed E-state index contributed by atoms with van der Waals surface area (Å²) < 4.78 is 22.3. The number of ether oxygens (including phenoxy) is 4. The van der Waals surface area contributed by atoms with Gasteiger partial charge >= 0.3 is 5.97 Å². The lowest BCUT2D eigenvalue weighted by Crippen LogP contribution is -2.37. The van der Waals surface area contributed by atoms with Gasteiger partial charge in [-0.2, -0.15) is 0 Å². The van der Waals surface area contributed by atoms with E-state index in [0.717, 1.165) is 12.1 Å². The molecule has 2 aromatic rings. The van der Waals surface area contributed by atoms with Gasteiger partial charge in [0.05, 0.1) is 14.2 Å². The highest BCUT2D eigenvalue weighted by Crippen LogP contribution is 2.47. The smallest absolute Gasteiger partial charge is 0.315 e. The van der Waals surface area contributed by atoms with E-state index in [2.05, 4.69) is 4.99 Å². The number of Topliss-reactive ketones (excluding diaryl/α,β-unsaturated/α-hetero) is 1. The van der Waals surface area contributed by atoms with Crippen LogP contribution in [0.3, 0.4) is 0 Å². The van der Waals surface area contributed by atoms with Crippen LogP contribution in [0.25, 0.3) is 0 Å². The molecule has 1 unspecified atom stereocenters. The Balaban J connectivity index is 1.63. The monoisotopic (exact) mass is 463 g/mol. The molecule has 0 radical (unpaired) electrons. The number of carbonyl (C=O) groups is 2. The Morgan fingerprint density at radius 1 is 1.00 bits per heavy atom. The molecule has 2 atom stereocenters. The summed E-state index contributed by atoms with van der Waals surface area (Å²) in [5.41, 5.74) is 2.66. The predicted molar refractivity (Wildman–Crippen MR) is 128 cm³/mol. The lowest BCUT2D eigenvalue weighted by molar-refractivity contribution is -0.147. The Hall–Kier alpha value is -3.61. The molecule has 7 nitrogen and oxygen atoms in total. The Bertz CT molecular complexity index is 1120. The minimum absolute atomic E-state index is 0.0117. The third kappa shape index (κ3) is 4.83. The first-order valence-corrected chi connectivity index (χ1v) is 11.4. The molecule has 0 bridgehead atoms. The van der Waals surface area contributed by atoms with Gasteiger partial charge in [0.15, 0.2) is 5.78 Å². The van der Waals surface area contributed by atoms with E-state index in [1.54, 1.807) is 26.4 Å². The maximum absolute atomic E-state index is 13.4. The summed E-state index contributed by atoms with van der Waals surface area (Å²) in [6.45, 7) is 2.12. The second-order valence-electron chi connectivity index (χ2n) is 8.28. The molecule has 2 aromatic carbocycles. The predicted octanol–water partition coefficient (Wildman–Crippen LogP) is 4.51. The number of nitrogens with zero attached hydrogens (tertiary/aromatic N) is 1. The average Bonchev–Trinajstić information content (AvgIpc) is 2.86. The summed E-state index contributed by atoms with van der Waals surface area (Å²) >= 11 is 0. The van der Waals surface area contributed by atoms with Crippen molar-refractivity contribution in [1.29, 1.82) is 0 Å². The van der Waals surface area contributed by atoms with E-state index >= 15 is 0 Å². The van der Waals surface area contributed by atoms with E-state index in [-0.39, 0.29) is 19.0 Å². The molecule has 34 heavy (non-hydrogen) atoms. The van der Waals surface area contributed by atoms with Crippen LogP contribution in [0.5, 0.6) is 17.2 Å². The molecule has 0 saturated heterocycles. The lowest BCUT2D eigenvalue weighted by Gasteiger charge is -2.35. The van der Waals surface area contributed by atoms with Crippen LogP contribution in [-0.4, -0.2) is 44.9 Å². The number of rotatable bonds is 8. The van der Waals surface area contributed by atoms with Gasteiger partial charge < -0.3 is 18.9 Å². The third-order valence-electron chi connectivity index (χ3n) is 6.20. The standard InChI is InChI=1S/C27H29NO6/c1-17-24(27(30)34-15-14-33-18-8-5-4-6-9-18)25(26-21(28-17)10-7-11-22(26)29)20-16-19(31-2)12-13-23(20)32-3/h4-6,8-9,12-13,16,24-25H,7,10-11,14-15H2,1-3H3/t24?,25-/m0/s1. The summed E-state index contributed by atoms with van der Waals surface area (Å²) in [7, 11) is 3.15. The number of esters is 1. The minimum Gasteiger partial charge on any atom is -0.497 e. The SMILES string of the molecule is COc1ccc(OC)c([C@@H]2C3=C(CCCC3=O)N=C(C)C2C(=O)OCCOc2ccccc2)c1. The first kappa shape index (κ1) is 23.5. The van der Waals surface area contributed by atoms with Crippen molar-refractivity contribution < 1.29 is 28.5 Å². The van der Waals surface area contributed by atoms with E-state index in [9.17, 15) is 9.59 Å². The molecule has 1 heterocycles. The molecular weight excluding hydrogens is 434 g/mol. The molecule has 0 aromatic heterocycles. The molecule has 0 amide bonds. The highest BCUT2D eigenvalue weighted by Gasteiger charge is 2.44. The Kier molecular flexibility index (Phi) is 7.30. The van der Waals surface area contributed by atoms with Gasteiger partial charge in [-0.25, -0.2) is 0 Å². The largest absolute Gasteiger partial charge is 0.497 e. The summed E-state index contributed by atoms with van der Waals surface area (Å²) in [5.74, 6) is 0.151. The molecule has 1 aliphatic heterocycles. The van der Waals surface area contributed by atoms with Gasteiger partial charge in [-0.05, 0) is 50.1 Å². The number of ketones is 1. The molecular formula is C27H29NO6. The van der Waals surface area contributed by atoms with Crippen molar-refractivity contribution in [1.82, 2.24) is 0 Å². The van der Waals surface area contributed by atoms with Gasteiger partial charge in [0.2, 0.25) is 0 Å². The van der Waals surface area contributed by atoms with Crippen molar-refractivity contribution in [3.63, 3.8) is 0 Å². The van der Waals surface area contributed by atoms with Crippen molar-refractivity contribution in [2.75, 3.05) is 27.4 Å². The van der Waals surface area contributed by atoms with Crippen LogP contribution in [0.4, 0.5) is 0 Å². The number of para-hydroxylation sites is 1. The summed E-state index contributed by atoms with van der Waals surface area (Å²) in [6.07, 6.45) is 1.89. The van der Waals surface area contributed by atoms with Crippen molar-refractivity contribution in [2.45, 2.75) is 32.1 Å². The minimum atomic E-state index is -0.751. The van der Waals surface area contributed by atoms with Crippen LogP contribution in [0.1, 0.15) is 37.7 Å². The normalized spacial score (nSPS) is 19.7. The average molecular weight is 464 g/mol. The number of hydrogen-bond donors (Lipinski definition) is 0. The van der Waals surface area contributed by atoms with Gasteiger partial charge in [-0.15, -0.1) is 0 Å². The molecule has 7 heteroatoms. The van der Waals surface area contributed by atoms with E-state index in [1.165, 1.54) is 0 Å². The number of benzene rings is 2. The van der Waals surface area contributed by atoms with Gasteiger partial charge in [-0.1, -0.05) is 18.2 Å². The molecule has 0 saturated carbocycles. The number of hydrogen-bond acceptors (Lipinski definition) is 7. The molecule has 1 aliphatic carbocycles. The second-order valence-corrected chi connectivity index (χ2v) is 8.28. The zero-order valence-electron chi connectivity index (χ0n) is 19.7. The number of methoxy groups -OCH3 is 2. The fourth-order valence-corrected chi connectivity index (χ4v) is 4.64. The molecule has 0 fully saturated rings. The molecule has 2 aliphatic rings. The van der Waals surface area contributed by atoms with Gasteiger partial charge in [0, 0.05) is 34.9 Å². The highest BCUT2D eigenvalue weighted by molar-refractivity contribution is 6.09. The van der Waals surface area contributed by atoms with Gasteiger partial charge in [-0.3, -0.25) is 14.6 Å². The highest BCUT2D eigenvalue weighted by atomic mass is 16.6. The first-order valence-electron chi connectivity index (χ1n) is 11.4. The van der Waals surface area contributed by atoms with Crippen LogP contribution < -0.4 is 14.2 Å². The number of aliphatic imine (C=N–C) groups is 1. The van der Waals surface area contributed by atoms with E-state index in [4.69, 9.17) is 18.9 Å². The summed E-state index contributed by atoms with van der Waals surface area (Å²) in [4.78, 5) is 31.1. The fourth-order valence-electron chi connectivity index (χ4n) is 4.64. The maximum Gasteiger partial charge on any atom is 0.315 e. The fraction of sp³-hybridized carbons (Fsp3) is 0.370. The lowest BCUT2D eigenvalue weighted by atomic mass is 9.71. The maximum atomic E-state index is 13.4. The van der Waals surface area contributed by atoms with Crippen molar-refractivity contribution in [3.05, 3.63) is 65.4 Å². The van der Waals surface area contributed by atoms with Crippen LogP contribution in [0.2, 0.25) is 0 Å². The quantitative estimate of drug-likeness (QED) is 0.423. The zero-order valence-corrected chi connectivity index (χ0v) is 19.7. The van der Waals surface area contributed by atoms with Crippen molar-refractivity contribution in [3.8, 4) is 17.2 Å².